The second-order valence-electron chi connectivity index (χ2n) is 5.43. The molecule has 0 aliphatic rings. The summed E-state index contributed by atoms with van der Waals surface area (Å²) in [5.41, 5.74) is 2.04. The highest BCUT2D eigenvalue weighted by Crippen LogP contribution is 2.23. The zero-order valence-corrected chi connectivity index (χ0v) is 14.1. The average molecular weight is 292 g/mol. The van der Waals surface area contributed by atoms with Crippen molar-refractivity contribution < 1.29 is 14.3 Å². The van der Waals surface area contributed by atoms with Crippen LogP contribution in [0.2, 0.25) is 0 Å². The number of hydrogen-bond acceptors (Lipinski definition) is 3. The predicted octanol–water partition coefficient (Wildman–Crippen LogP) is 4.16. The molecule has 1 aromatic carbocycles. The zero-order chi connectivity index (χ0) is 16.3. The van der Waals surface area contributed by atoms with Crippen molar-refractivity contribution in [2.45, 2.75) is 40.5 Å². The molecule has 0 bridgehead atoms. The monoisotopic (exact) mass is 292 g/mol. The summed E-state index contributed by atoms with van der Waals surface area (Å²) in [5.74, 6) is -0.158. The lowest BCUT2D eigenvalue weighted by Crippen LogP contribution is -2.28. The van der Waals surface area contributed by atoms with E-state index in [4.69, 9.17) is 4.74 Å². The number of hydrogen-bond donors (Lipinski definition) is 0. The molecule has 3 heteroatoms. The topological polar surface area (TPSA) is 35.5 Å². The van der Waals surface area contributed by atoms with E-state index < -0.39 is 5.41 Å². The summed E-state index contributed by atoms with van der Waals surface area (Å²) in [6.45, 7) is 7.86. The predicted molar refractivity (Wildman–Crippen MR) is 87.1 cm³/mol. The van der Waals surface area contributed by atoms with Gasteiger partial charge >= 0.3 is 5.97 Å². The van der Waals surface area contributed by atoms with Crippen LogP contribution in [0.3, 0.4) is 0 Å². The van der Waals surface area contributed by atoms with Crippen molar-refractivity contribution >= 4 is 5.97 Å². The van der Waals surface area contributed by atoms with Crippen LogP contribution in [0.4, 0.5) is 0 Å². The Hall–Kier alpha value is -1.77. The number of benzene rings is 1. The highest BCUT2D eigenvalue weighted by atomic mass is 16.5. The highest BCUT2D eigenvalue weighted by molar-refractivity contribution is 5.76. The molecule has 0 fully saturated rings. The van der Waals surface area contributed by atoms with E-state index in [2.05, 4.69) is 29.9 Å². The number of rotatable bonds is 5. The van der Waals surface area contributed by atoms with Gasteiger partial charge in [0.05, 0.1) is 25.9 Å². The molecular weight excluding hydrogens is 264 g/mol. The Balaban J connectivity index is 0.000000690. The van der Waals surface area contributed by atoms with Crippen LogP contribution in [0.15, 0.2) is 36.6 Å². The normalized spacial score (nSPS) is 10.8. The molecule has 0 saturated carbocycles. The third-order valence-electron chi connectivity index (χ3n) is 3.06. The van der Waals surface area contributed by atoms with Crippen LogP contribution in [-0.2, 0) is 27.1 Å². The van der Waals surface area contributed by atoms with Gasteiger partial charge in [-0.2, -0.15) is 0 Å². The van der Waals surface area contributed by atoms with Crippen LogP contribution in [-0.4, -0.2) is 20.2 Å². The van der Waals surface area contributed by atoms with Gasteiger partial charge in [-0.05, 0) is 44.7 Å². The summed E-state index contributed by atoms with van der Waals surface area (Å²) in [4.78, 5) is 11.6. The van der Waals surface area contributed by atoms with Gasteiger partial charge in [0.2, 0.25) is 0 Å². The highest BCUT2D eigenvalue weighted by Gasteiger charge is 2.28. The van der Waals surface area contributed by atoms with E-state index in [0.717, 1.165) is 6.42 Å². The number of carbonyl (C=O) groups is 1. The minimum atomic E-state index is -0.457. The molecule has 0 saturated heterocycles. The average Bonchev–Trinajstić information content (AvgIpc) is 2.47. The maximum absolute atomic E-state index is 11.6. The summed E-state index contributed by atoms with van der Waals surface area (Å²) >= 11 is 0. The van der Waals surface area contributed by atoms with Crippen LogP contribution in [0.5, 0.6) is 0 Å². The Morgan fingerprint density at radius 3 is 2.29 bits per heavy atom. The fraction of sp³-hybridized carbons (Fsp3) is 0.500. The standard InChI is InChI=1S/C14H20O2.C4H8O/c1-5-11-7-6-8-12(9-11)10-14(2,3)13(15)16-4;1-3-4-5-2/h6-9H,5,10H2,1-4H3;3-4H,1-2H3/b;4-3+. The van der Waals surface area contributed by atoms with Gasteiger partial charge < -0.3 is 9.47 Å². The van der Waals surface area contributed by atoms with Crippen LogP contribution in [0.25, 0.3) is 0 Å². The van der Waals surface area contributed by atoms with Gasteiger partial charge in [-0.1, -0.05) is 37.3 Å². The Kier molecular flexibility index (Phi) is 9.18. The van der Waals surface area contributed by atoms with Crippen LogP contribution in [0.1, 0.15) is 38.8 Å². The number of methoxy groups -OCH3 is 2. The molecule has 0 heterocycles. The molecule has 1 aromatic rings. The van der Waals surface area contributed by atoms with E-state index in [1.165, 1.54) is 18.2 Å². The SMILES string of the molecule is C/C=C/OC.CCc1cccc(CC(C)(C)C(=O)OC)c1. The van der Waals surface area contributed by atoms with E-state index in [9.17, 15) is 4.79 Å². The van der Waals surface area contributed by atoms with Crippen molar-refractivity contribution in [3.05, 3.63) is 47.7 Å². The lowest BCUT2D eigenvalue weighted by molar-refractivity contribution is -0.150. The van der Waals surface area contributed by atoms with Crippen LogP contribution in [0, 0.1) is 5.41 Å². The van der Waals surface area contributed by atoms with E-state index in [-0.39, 0.29) is 5.97 Å². The molecule has 3 nitrogen and oxygen atoms in total. The Labute approximate surface area is 129 Å². The van der Waals surface area contributed by atoms with E-state index in [1.54, 1.807) is 13.4 Å². The molecule has 0 aromatic heterocycles. The number of esters is 1. The second-order valence-corrected chi connectivity index (χ2v) is 5.43. The van der Waals surface area contributed by atoms with Gasteiger partial charge in [0.25, 0.3) is 0 Å². The molecule has 0 N–H and O–H groups in total. The molecule has 0 aliphatic carbocycles. The van der Waals surface area contributed by atoms with Gasteiger partial charge in [0.15, 0.2) is 0 Å². The van der Waals surface area contributed by atoms with Crippen LogP contribution >= 0.6 is 0 Å². The molecular formula is C18H28O3. The molecule has 21 heavy (non-hydrogen) atoms. The van der Waals surface area contributed by atoms with Crippen molar-refractivity contribution in [1.82, 2.24) is 0 Å². The maximum Gasteiger partial charge on any atom is 0.311 e. The lowest BCUT2D eigenvalue weighted by Gasteiger charge is -2.21. The van der Waals surface area contributed by atoms with Crippen molar-refractivity contribution in [3.63, 3.8) is 0 Å². The van der Waals surface area contributed by atoms with Crippen molar-refractivity contribution in [3.8, 4) is 0 Å². The third kappa shape index (κ3) is 7.54. The minimum absolute atomic E-state index is 0.158. The van der Waals surface area contributed by atoms with Crippen molar-refractivity contribution in [1.29, 1.82) is 0 Å². The molecule has 118 valence electrons. The lowest BCUT2D eigenvalue weighted by atomic mass is 9.85. The summed E-state index contributed by atoms with van der Waals surface area (Å²) in [6, 6.07) is 8.37. The largest absolute Gasteiger partial charge is 0.505 e. The zero-order valence-electron chi connectivity index (χ0n) is 14.1. The van der Waals surface area contributed by atoms with E-state index in [1.807, 2.05) is 32.9 Å². The summed E-state index contributed by atoms with van der Waals surface area (Å²) in [7, 11) is 3.06. The first-order chi connectivity index (χ1) is 9.91. The summed E-state index contributed by atoms with van der Waals surface area (Å²) in [5, 5.41) is 0. The van der Waals surface area contributed by atoms with Crippen molar-refractivity contribution in [2.24, 2.45) is 5.41 Å². The second kappa shape index (κ2) is 10.0. The minimum Gasteiger partial charge on any atom is -0.505 e. The number of aryl methyl sites for hydroxylation is 1. The molecule has 0 spiro atoms. The molecule has 0 atom stereocenters. The first kappa shape index (κ1) is 19.2. The van der Waals surface area contributed by atoms with Gasteiger partial charge in [-0.3, -0.25) is 4.79 Å². The molecule has 0 aliphatic heterocycles. The fourth-order valence-electron chi connectivity index (χ4n) is 1.95. The maximum atomic E-state index is 11.6. The number of ether oxygens (including phenoxy) is 2. The van der Waals surface area contributed by atoms with Gasteiger partial charge in [-0.15, -0.1) is 0 Å². The molecule has 1 rings (SSSR count). The number of carbonyl (C=O) groups excluding carboxylic acids is 1. The first-order valence-electron chi connectivity index (χ1n) is 7.21. The van der Waals surface area contributed by atoms with Gasteiger partial charge in [0.1, 0.15) is 0 Å². The smallest absolute Gasteiger partial charge is 0.311 e. The summed E-state index contributed by atoms with van der Waals surface area (Å²) < 4.78 is 9.32. The first-order valence-corrected chi connectivity index (χ1v) is 7.21. The number of allylic oxidation sites excluding steroid dienone is 1. The van der Waals surface area contributed by atoms with Gasteiger partial charge in [-0.25, -0.2) is 0 Å². The third-order valence-corrected chi connectivity index (χ3v) is 3.06. The summed E-state index contributed by atoms with van der Waals surface area (Å²) in [6.07, 6.45) is 5.19. The molecule has 0 radical (unpaired) electrons. The van der Waals surface area contributed by atoms with E-state index in [0.29, 0.717) is 6.42 Å². The van der Waals surface area contributed by atoms with Crippen molar-refractivity contribution in [2.75, 3.05) is 14.2 Å². The molecule has 0 amide bonds. The van der Waals surface area contributed by atoms with Crippen LogP contribution < -0.4 is 0 Å². The van der Waals surface area contributed by atoms with E-state index >= 15 is 0 Å². The molecule has 0 unspecified atom stereocenters. The Bertz CT molecular complexity index is 448. The Morgan fingerprint density at radius 1 is 1.24 bits per heavy atom. The quantitative estimate of drug-likeness (QED) is 0.604. The van der Waals surface area contributed by atoms with Gasteiger partial charge in [0, 0.05) is 0 Å². The fourth-order valence-corrected chi connectivity index (χ4v) is 1.95. The Morgan fingerprint density at radius 2 is 1.86 bits per heavy atom.